The van der Waals surface area contributed by atoms with Gasteiger partial charge < -0.3 is 5.11 Å². The normalized spacial score (nSPS) is 13.1. The van der Waals surface area contributed by atoms with Crippen molar-refractivity contribution in [1.82, 2.24) is 0 Å². The Morgan fingerprint density at radius 2 is 1.24 bits per heavy atom. The molecule has 0 aromatic heterocycles. The summed E-state index contributed by atoms with van der Waals surface area (Å²) in [6.45, 7) is 4.89. The van der Waals surface area contributed by atoms with Crippen LogP contribution in [-0.2, 0) is 0 Å². The van der Waals surface area contributed by atoms with Crippen LogP contribution in [0.1, 0.15) is 104 Å². The van der Waals surface area contributed by atoms with Crippen LogP contribution in [0.4, 0.5) is 0 Å². The average Bonchev–Trinajstić information content (AvgIpc) is 2.50. The number of aliphatic hydroxyl groups is 1. The predicted octanol–water partition coefficient (Wildman–Crippen LogP) is 6.65. The van der Waals surface area contributed by atoms with Gasteiger partial charge >= 0.3 is 0 Å². The van der Waals surface area contributed by atoms with Crippen LogP contribution in [-0.4, -0.2) is 11.7 Å². The van der Waals surface area contributed by atoms with Crippen molar-refractivity contribution in [1.29, 1.82) is 0 Å². The molecule has 0 heterocycles. The van der Waals surface area contributed by atoms with E-state index in [1.165, 1.54) is 83.5 Å². The van der Waals surface area contributed by atoms with Crippen LogP contribution in [0.15, 0.2) is 12.2 Å². The maximum atomic E-state index is 9.10. The largest absolute Gasteiger partial charge is 0.396 e. The highest BCUT2D eigenvalue weighted by Crippen LogP contribution is 2.19. The Hall–Kier alpha value is -0.300. The lowest BCUT2D eigenvalue weighted by atomic mass is 9.93. The Kier molecular flexibility index (Phi) is 17.5. The molecule has 21 heavy (non-hydrogen) atoms. The average molecular weight is 297 g/mol. The van der Waals surface area contributed by atoms with Crippen LogP contribution in [0.5, 0.6) is 0 Å². The molecule has 0 aliphatic heterocycles. The minimum Gasteiger partial charge on any atom is -0.396 e. The van der Waals surface area contributed by atoms with E-state index in [4.69, 9.17) is 5.11 Å². The van der Waals surface area contributed by atoms with Crippen molar-refractivity contribution in [2.75, 3.05) is 6.61 Å². The van der Waals surface area contributed by atoms with E-state index in [-0.39, 0.29) is 0 Å². The monoisotopic (exact) mass is 296 g/mol. The van der Waals surface area contributed by atoms with Gasteiger partial charge in [0.2, 0.25) is 0 Å². The van der Waals surface area contributed by atoms with Gasteiger partial charge in [-0.1, -0.05) is 83.8 Å². The first-order chi connectivity index (χ1) is 10.3. The molecule has 1 N–H and O–H groups in total. The van der Waals surface area contributed by atoms with E-state index in [2.05, 4.69) is 26.0 Å². The van der Waals surface area contributed by atoms with Gasteiger partial charge in [0, 0.05) is 6.61 Å². The van der Waals surface area contributed by atoms with E-state index >= 15 is 0 Å². The van der Waals surface area contributed by atoms with E-state index in [0.29, 0.717) is 6.61 Å². The van der Waals surface area contributed by atoms with Crippen molar-refractivity contribution in [2.45, 2.75) is 104 Å². The second-order valence-corrected chi connectivity index (χ2v) is 6.48. The first-order valence-corrected chi connectivity index (χ1v) is 9.61. The number of aliphatic hydroxyl groups excluding tert-OH is 1. The zero-order chi connectivity index (χ0) is 15.6. The molecule has 1 heteroatoms. The number of rotatable bonds is 16. The summed E-state index contributed by atoms with van der Waals surface area (Å²) < 4.78 is 0. The predicted molar refractivity (Wildman–Crippen MR) is 95.7 cm³/mol. The first kappa shape index (κ1) is 20.7. The summed E-state index contributed by atoms with van der Waals surface area (Å²) in [5, 5.41) is 9.10. The molecule has 0 saturated carbocycles. The molecular weight excluding hydrogens is 256 g/mol. The molecular formula is C20H40O. The zero-order valence-electron chi connectivity index (χ0n) is 14.8. The van der Waals surface area contributed by atoms with Crippen LogP contribution < -0.4 is 0 Å². The highest BCUT2D eigenvalue weighted by Gasteiger charge is 2.06. The SMILES string of the molecule is CCCCCCCC/C=C\CCCC(CCO)CCCC. The summed E-state index contributed by atoms with van der Waals surface area (Å²) in [5.41, 5.74) is 0. The summed E-state index contributed by atoms with van der Waals surface area (Å²) >= 11 is 0. The van der Waals surface area contributed by atoms with Crippen molar-refractivity contribution < 1.29 is 5.11 Å². The summed E-state index contributed by atoms with van der Waals surface area (Å²) in [6.07, 6.45) is 23.1. The van der Waals surface area contributed by atoms with Gasteiger partial charge in [-0.3, -0.25) is 0 Å². The van der Waals surface area contributed by atoms with Crippen molar-refractivity contribution >= 4 is 0 Å². The van der Waals surface area contributed by atoms with Gasteiger partial charge in [-0.05, 0) is 38.0 Å². The van der Waals surface area contributed by atoms with E-state index in [9.17, 15) is 0 Å². The third-order valence-corrected chi connectivity index (χ3v) is 4.38. The minimum atomic E-state index is 0.363. The van der Waals surface area contributed by atoms with Crippen molar-refractivity contribution in [3.05, 3.63) is 12.2 Å². The Morgan fingerprint density at radius 1 is 0.667 bits per heavy atom. The molecule has 0 aromatic carbocycles. The van der Waals surface area contributed by atoms with E-state index in [1.54, 1.807) is 0 Å². The molecule has 1 unspecified atom stereocenters. The molecule has 0 bridgehead atoms. The number of hydrogen-bond acceptors (Lipinski definition) is 1. The fourth-order valence-corrected chi connectivity index (χ4v) is 2.91. The van der Waals surface area contributed by atoms with Gasteiger partial charge in [-0.15, -0.1) is 0 Å². The van der Waals surface area contributed by atoms with Gasteiger partial charge in [0.05, 0.1) is 0 Å². The second-order valence-electron chi connectivity index (χ2n) is 6.48. The Morgan fingerprint density at radius 3 is 1.90 bits per heavy atom. The van der Waals surface area contributed by atoms with Crippen molar-refractivity contribution in [3.63, 3.8) is 0 Å². The third-order valence-electron chi connectivity index (χ3n) is 4.38. The number of unbranched alkanes of at least 4 members (excludes halogenated alkanes) is 8. The summed E-state index contributed by atoms with van der Waals surface area (Å²) in [7, 11) is 0. The maximum absolute atomic E-state index is 9.10. The quantitative estimate of drug-likeness (QED) is 0.249. The van der Waals surface area contributed by atoms with Crippen LogP contribution in [0.25, 0.3) is 0 Å². The van der Waals surface area contributed by atoms with E-state index in [0.717, 1.165) is 12.3 Å². The Labute approximate surface area is 134 Å². The Bertz CT molecular complexity index is 210. The van der Waals surface area contributed by atoms with Gasteiger partial charge in [-0.25, -0.2) is 0 Å². The smallest absolute Gasteiger partial charge is 0.0433 e. The van der Waals surface area contributed by atoms with Gasteiger partial charge in [0.15, 0.2) is 0 Å². The van der Waals surface area contributed by atoms with Crippen molar-refractivity contribution in [2.24, 2.45) is 5.92 Å². The Balaban J connectivity index is 3.39. The summed E-state index contributed by atoms with van der Waals surface area (Å²) in [5.74, 6) is 0.752. The van der Waals surface area contributed by atoms with Crippen LogP contribution in [0.3, 0.4) is 0 Å². The first-order valence-electron chi connectivity index (χ1n) is 9.61. The minimum absolute atomic E-state index is 0.363. The van der Waals surface area contributed by atoms with Crippen LogP contribution in [0, 0.1) is 5.92 Å². The van der Waals surface area contributed by atoms with Crippen LogP contribution in [0.2, 0.25) is 0 Å². The highest BCUT2D eigenvalue weighted by molar-refractivity contribution is 4.81. The molecule has 0 rings (SSSR count). The molecule has 1 nitrogen and oxygen atoms in total. The highest BCUT2D eigenvalue weighted by atomic mass is 16.3. The van der Waals surface area contributed by atoms with E-state index in [1.807, 2.05) is 0 Å². The molecule has 0 amide bonds. The lowest BCUT2D eigenvalue weighted by Crippen LogP contribution is -2.03. The van der Waals surface area contributed by atoms with E-state index < -0.39 is 0 Å². The standard InChI is InChI=1S/C20H40O/c1-3-5-7-8-9-10-11-12-13-14-15-17-20(18-19-21)16-6-4-2/h12-13,20-21H,3-11,14-19H2,1-2H3/b13-12-. The molecule has 1 atom stereocenters. The second kappa shape index (κ2) is 17.8. The van der Waals surface area contributed by atoms with Gasteiger partial charge in [-0.2, -0.15) is 0 Å². The summed E-state index contributed by atoms with van der Waals surface area (Å²) in [6, 6.07) is 0. The van der Waals surface area contributed by atoms with Gasteiger partial charge in [0.1, 0.15) is 0 Å². The molecule has 0 spiro atoms. The zero-order valence-corrected chi connectivity index (χ0v) is 14.8. The third kappa shape index (κ3) is 15.9. The topological polar surface area (TPSA) is 20.2 Å². The fourth-order valence-electron chi connectivity index (χ4n) is 2.91. The maximum Gasteiger partial charge on any atom is 0.0433 e. The molecule has 0 aliphatic rings. The lowest BCUT2D eigenvalue weighted by Gasteiger charge is -2.14. The van der Waals surface area contributed by atoms with Crippen LogP contribution >= 0.6 is 0 Å². The number of allylic oxidation sites excluding steroid dienone is 2. The molecule has 0 aliphatic carbocycles. The van der Waals surface area contributed by atoms with Gasteiger partial charge in [0.25, 0.3) is 0 Å². The fraction of sp³-hybridized carbons (Fsp3) is 0.900. The molecule has 0 aromatic rings. The molecule has 126 valence electrons. The summed E-state index contributed by atoms with van der Waals surface area (Å²) in [4.78, 5) is 0. The number of hydrogen-bond donors (Lipinski definition) is 1. The molecule has 0 radical (unpaired) electrons. The lowest BCUT2D eigenvalue weighted by molar-refractivity contribution is 0.243. The molecule has 0 saturated heterocycles. The van der Waals surface area contributed by atoms with Crippen molar-refractivity contribution in [3.8, 4) is 0 Å². The molecule has 0 fully saturated rings.